The summed E-state index contributed by atoms with van der Waals surface area (Å²) >= 11 is 9.49. The summed E-state index contributed by atoms with van der Waals surface area (Å²) < 4.78 is 0. The summed E-state index contributed by atoms with van der Waals surface area (Å²) in [4.78, 5) is 0. The summed E-state index contributed by atoms with van der Waals surface area (Å²) in [5.74, 6) is 0.344. The molecule has 1 radical (unpaired) electrons. The highest BCUT2D eigenvalue weighted by Crippen LogP contribution is 2.03. The minimum Gasteiger partial charge on any atom is -0.0928 e. The van der Waals surface area contributed by atoms with Crippen molar-refractivity contribution in [3.8, 4) is 0 Å². The molecule has 0 N–H and O–H groups in total. The third-order valence-corrected chi connectivity index (χ3v) is 1.84. The van der Waals surface area contributed by atoms with Crippen LogP contribution in [0.3, 0.4) is 0 Å². The van der Waals surface area contributed by atoms with E-state index in [0.29, 0.717) is 5.92 Å². The molecule has 0 aromatic heterocycles. The summed E-state index contributed by atoms with van der Waals surface area (Å²) in [6.07, 6.45) is 3.16. The van der Waals surface area contributed by atoms with Crippen molar-refractivity contribution in [3.05, 3.63) is 6.92 Å². The van der Waals surface area contributed by atoms with Gasteiger partial charge in [-0.15, -0.1) is 0 Å². The predicted molar refractivity (Wildman–Crippen MR) is 50.0 cm³/mol. The van der Waals surface area contributed by atoms with Crippen LogP contribution < -0.4 is 0 Å². The Morgan fingerprint density at radius 2 is 1.89 bits per heavy atom. The smallest absolute Gasteiger partial charge is 0.0156 e. The summed E-state index contributed by atoms with van der Waals surface area (Å²) in [6.45, 7) is 3.73. The van der Waals surface area contributed by atoms with Gasteiger partial charge in [0.25, 0.3) is 0 Å². The molecule has 0 aliphatic carbocycles. The summed E-state index contributed by atoms with van der Waals surface area (Å²) in [7, 11) is 0. The van der Waals surface area contributed by atoms with Crippen LogP contribution in [-0.4, -0.2) is 10.7 Å². The van der Waals surface area contributed by atoms with Gasteiger partial charge in [-0.25, -0.2) is 0 Å². The van der Waals surface area contributed by atoms with Gasteiger partial charge in [-0.05, 0) is 17.2 Å². The zero-order valence-electron chi connectivity index (χ0n) is 5.38. The molecular formula is C7H11S2. The van der Waals surface area contributed by atoms with E-state index in [1.807, 2.05) is 0 Å². The second kappa shape index (κ2) is 6.30. The van der Waals surface area contributed by atoms with Crippen LogP contribution in [0.4, 0.5) is 0 Å². The van der Waals surface area contributed by atoms with Crippen molar-refractivity contribution in [2.24, 2.45) is 5.92 Å². The zero-order chi connectivity index (χ0) is 7.11. The molecule has 0 nitrogen and oxygen atoms in total. The minimum absolute atomic E-state index is 0.344. The van der Waals surface area contributed by atoms with Crippen molar-refractivity contribution in [1.82, 2.24) is 0 Å². The Balaban J connectivity index is 3.30. The fourth-order valence-corrected chi connectivity index (χ4v) is 1.08. The zero-order valence-corrected chi connectivity index (χ0v) is 7.01. The molecule has 0 fully saturated rings. The van der Waals surface area contributed by atoms with E-state index in [-0.39, 0.29) is 0 Å². The van der Waals surface area contributed by atoms with E-state index < -0.39 is 0 Å². The summed E-state index contributed by atoms with van der Waals surface area (Å²) in [5.41, 5.74) is 0. The van der Waals surface area contributed by atoms with Crippen LogP contribution in [0.25, 0.3) is 0 Å². The fraction of sp³-hybridized carbons (Fsp3) is 0.571. The van der Waals surface area contributed by atoms with Crippen LogP contribution >= 0.6 is 24.4 Å². The molecule has 0 aromatic rings. The standard InChI is InChI=1S/C7H11S2/c1-2-3-4-7(5-8)6-9/h5-7H,1-4H2. The maximum atomic E-state index is 4.74. The third kappa shape index (κ3) is 4.67. The fourth-order valence-electron chi connectivity index (χ4n) is 0.548. The van der Waals surface area contributed by atoms with Gasteiger partial charge in [0.1, 0.15) is 0 Å². The Morgan fingerprint density at radius 3 is 2.22 bits per heavy atom. The first-order valence-electron chi connectivity index (χ1n) is 3.05. The van der Waals surface area contributed by atoms with E-state index in [2.05, 4.69) is 6.92 Å². The molecule has 0 atom stereocenters. The Kier molecular flexibility index (Phi) is 6.43. The van der Waals surface area contributed by atoms with Crippen LogP contribution in [0, 0.1) is 12.8 Å². The van der Waals surface area contributed by atoms with Crippen LogP contribution in [0.2, 0.25) is 0 Å². The third-order valence-electron chi connectivity index (χ3n) is 1.14. The van der Waals surface area contributed by atoms with Gasteiger partial charge in [-0.1, -0.05) is 44.2 Å². The molecule has 9 heavy (non-hydrogen) atoms. The van der Waals surface area contributed by atoms with E-state index in [0.717, 1.165) is 19.3 Å². The molecule has 0 aromatic carbocycles. The van der Waals surface area contributed by atoms with Gasteiger partial charge >= 0.3 is 0 Å². The first kappa shape index (κ1) is 9.18. The summed E-state index contributed by atoms with van der Waals surface area (Å²) in [6, 6.07) is 0. The Hall–Kier alpha value is 0.180. The topological polar surface area (TPSA) is 0 Å². The van der Waals surface area contributed by atoms with Crippen LogP contribution in [0.5, 0.6) is 0 Å². The van der Waals surface area contributed by atoms with E-state index in [4.69, 9.17) is 24.4 Å². The van der Waals surface area contributed by atoms with Crippen LogP contribution in [0.1, 0.15) is 19.3 Å². The van der Waals surface area contributed by atoms with Gasteiger partial charge in [0.15, 0.2) is 0 Å². The van der Waals surface area contributed by atoms with E-state index in [9.17, 15) is 0 Å². The molecule has 0 saturated carbocycles. The largest absolute Gasteiger partial charge is 0.0928 e. The average molecular weight is 159 g/mol. The number of unbranched alkanes of at least 4 members (excludes halogenated alkanes) is 1. The highest BCUT2D eigenvalue weighted by molar-refractivity contribution is 7.80. The Bertz CT molecular complexity index is 80.9. The predicted octanol–water partition coefficient (Wildman–Crippen LogP) is 2.61. The number of hydrogen-bond donors (Lipinski definition) is 0. The molecule has 0 rings (SSSR count). The number of hydrogen-bond acceptors (Lipinski definition) is 2. The molecule has 0 heterocycles. The maximum Gasteiger partial charge on any atom is 0.0156 e. The SMILES string of the molecule is [CH2]CCCC(C=S)C=S. The van der Waals surface area contributed by atoms with Gasteiger partial charge in [0.2, 0.25) is 0 Å². The lowest BCUT2D eigenvalue weighted by Gasteiger charge is -2.00. The Labute approximate surface area is 67.6 Å². The van der Waals surface area contributed by atoms with Crippen LogP contribution in [0.15, 0.2) is 0 Å². The van der Waals surface area contributed by atoms with Crippen LogP contribution in [-0.2, 0) is 0 Å². The molecule has 0 aliphatic heterocycles. The quantitative estimate of drug-likeness (QED) is 0.566. The van der Waals surface area contributed by atoms with Crippen molar-refractivity contribution in [1.29, 1.82) is 0 Å². The van der Waals surface area contributed by atoms with Gasteiger partial charge in [0.05, 0.1) is 0 Å². The first-order valence-corrected chi connectivity index (χ1v) is 3.99. The van der Waals surface area contributed by atoms with Crippen molar-refractivity contribution >= 4 is 35.2 Å². The molecule has 0 aliphatic rings. The van der Waals surface area contributed by atoms with Crippen molar-refractivity contribution in [2.45, 2.75) is 19.3 Å². The van der Waals surface area contributed by atoms with Gasteiger partial charge < -0.3 is 0 Å². The highest BCUT2D eigenvalue weighted by Gasteiger charge is 1.97. The summed E-state index contributed by atoms with van der Waals surface area (Å²) in [5, 5.41) is 3.45. The molecule has 0 bridgehead atoms. The second-order valence-corrected chi connectivity index (χ2v) is 2.48. The molecular weight excluding hydrogens is 148 g/mol. The minimum atomic E-state index is 0.344. The first-order chi connectivity index (χ1) is 4.35. The molecule has 2 heteroatoms. The van der Waals surface area contributed by atoms with E-state index in [1.54, 1.807) is 10.7 Å². The lowest BCUT2D eigenvalue weighted by atomic mass is 10.1. The van der Waals surface area contributed by atoms with E-state index >= 15 is 0 Å². The normalized spacial score (nSPS) is 9.56. The van der Waals surface area contributed by atoms with E-state index in [1.165, 1.54) is 0 Å². The lowest BCUT2D eigenvalue weighted by molar-refractivity contribution is 0.731. The number of thiocarbonyl (C=S) groups is 2. The molecule has 0 spiro atoms. The van der Waals surface area contributed by atoms with Gasteiger partial charge in [-0.3, -0.25) is 0 Å². The Morgan fingerprint density at radius 1 is 1.33 bits per heavy atom. The highest BCUT2D eigenvalue weighted by atomic mass is 32.1. The van der Waals surface area contributed by atoms with Crippen molar-refractivity contribution in [2.75, 3.05) is 0 Å². The monoisotopic (exact) mass is 159 g/mol. The number of rotatable bonds is 5. The van der Waals surface area contributed by atoms with Gasteiger partial charge in [-0.2, -0.15) is 0 Å². The molecule has 0 unspecified atom stereocenters. The lowest BCUT2D eigenvalue weighted by Crippen LogP contribution is -1.99. The molecule has 51 valence electrons. The molecule has 0 amide bonds. The molecule has 0 saturated heterocycles. The van der Waals surface area contributed by atoms with Crippen molar-refractivity contribution < 1.29 is 0 Å². The maximum absolute atomic E-state index is 4.74. The second-order valence-electron chi connectivity index (χ2n) is 1.93. The average Bonchev–Trinajstić information content (AvgIpc) is 1.91. The van der Waals surface area contributed by atoms with Gasteiger partial charge in [0, 0.05) is 5.92 Å². The van der Waals surface area contributed by atoms with Crippen molar-refractivity contribution in [3.63, 3.8) is 0 Å².